The number of alkyl carbamates (subject to hydrolysis) is 1. The molecule has 0 heterocycles. The number of carbonyl (C=O) groups is 3. The molecule has 34 heavy (non-hydrogen) atoms. The minimum Gasteiger partial charge on any atom is -0.481 e. The molecule has 2 aliphatic carbocycles. The monoisotopic (exact) mass is 464 g/mol. The number of carboxylic acid groups (broad SMARTS) is 1. The van der Waals surface area contributed by atoms with Crippen molar-refractivity contribution in [2.75, 3.05) is 13.2 Å². The molecular formula is C27H32N2O5. The highest BCUT2D eigenvalue weighted by Crippen LogP contribution is 2.44. The van der Waals surface area contributed by atoms with Gasteiger partial charge in [-0.2, -0.15) is 0 Å². The molecule has 2 aromatic rings. The number of nitrogens with one attached hydrogen (secondary N) is 2. The van der Waals surface area contributed by atoms with Crippen molar-refractivity contribution in [3.05, 3.63) is 59.7 Å². The number of ether oxygens (including phenoxy) is 1. The highest BCUT2D eigenvalue weighted by Gasteiger charge is 2.32. The van der Waals surface area contributed by atoms with Crippen LogP contribution in [0.4, 0.5) is 4.79 Å². The molecule has 2 amide bonds. The summed E-state index contributed by atoms with van der Waals surface area (Å²) < 4.78 is 5.66. The maximum atomic E-state index is 12.7. The van der Waals surface area contributed by atoms with E-state index in [9.17, 15) is 14.4 Å². The molecule has 2 unspecified atom stereocenters. The molecular weight excluding hydrogens is 432 g/mol. The molecule has 180 valence electrons. The number of hydrogen-bond donors (Lipinski definition) is 3. The molecule has 0 saturated heterocycles. The molecule has 1 saturated carbocycles. The first-order chi connectivity index (χ1) is 16.4. The molecule has 7 nitrogen and oxygen atoms in total. The molecule has 0 aromatic heterocycles. The fourth-order valence-corrected chi connectivity index (χ4v) is 4.79. The van der Waals surface area contributed by atoms with Crippen molar-refractivity contribution in [1.82, 2.24) is 10.6 Å². The van der Waals surface area contributed by atoms with Crippen LogP contribution in [0.2, 0.25) is 0 Å². The Morgan fingerprint density at radius 2 is 1.65 bits per heavy atom. The van der Waals surface area contributed by atoms with Gasteiger partial charge in [-0.15, -0.1) is 0 Å². The van der Waals surface area contributed by atoms with Crippen molar-refractivity contribution >= 4 is 18.0 Å². The first-order valence-electron chi connectivity index (χ1n) is 12.0. The topological polar surface area (TPSA) is 105 Å². The zero-order valence-electron chi connectivity index (χ0n) is 19.5. The Kier molecular flexibility index (Phi) is 7.50. The fourth-order valence-electron chi connectivity index (χ4n) is 4.79. The number of amides is 2. The summed E-state index contributed by atoms with van der Waals surface area (Å²) in [6.07, 6.45) is 3.05. The molecule has 0 bridgehead atoms. The van der Waals surface area contributed by atoms with E-state index >= 15 is 0 Å². The van der Waals surface area contributed by atoms with Crippen molar-refractivity contribution < 1.29 is 24.2 Å². The van der Waals surface area contributed by atoms with Gasteiger partial charge >= 0.3 is 12.1 Å². The summed E-state index contributed by atoms with van der Waals surface area (Å²) in [5, 5.41) is 14.7. The minimum absolute atomic E-state index is 0.0140. The highest BCUT2D eigenvalue weighted by molar-refractivity contribution is 5.79. The average Bonchev–Trinajstić information content (AvgIpc) is 3.10. The van der Waals surface area contributed by atoms with E-state index in [1.54, 1.807) is 6.92 Å². The molecule has 7 heteroatoms. The highest BCUT2D eigenvalue weighted by atomic mass is 16.5. The van der Waals surface area contributed by atoms with Gasteiger partial charge in [-0.1, -0.05) is 61.9 Å². The maximum Gasteiger partial charge on any atom is 0.407 e. The number of benzene rings is 2. The van der Waals surface area contributed by atoms with Gasteiger partial charge in [0, 0.05) is 24.9 Å². The Labute approximate surface area is 199 Å². The molecule has 3 N–H and O–H groups in total. The van der Waals surface area contributed by atoms with Crippen LogP contribution in [0.25, 0.3) is 11.1 Å². The van der Waals surface area contributed by atoms with Gasteiger partial charge in [0.05, 0.1) is 5.92 Å². The van der Waals surface area contributed by atoms with Gasteiger partial charge in [0.25, 0.3) is 0 Å². The lowest BCUT2D eigenvalue weighted by molar-refractivity contribution is -0.141. The largest absolute Gasteiger partial charge is 0.481 e. The van der Waals surface area contributed by atoms with Gasteiger partial charge in [0.2, 0.25) is 5.91 Å². The van der Waals surface area contributed by atoms with Gasteiger partial charge in [-0.25, -0.2) is 4.79 Å². The zero-order valence-corrected chi connectivity index (χ0v) is 19.5. The Balaban J connectivity index is 1.32. The van der Waals surface area contributed by atoms with Crippen LogP contribution in [0.5, 0.6) is 0 Å². The molecule has 0 aliphatic heterocycles. The quantitative estimate of drug-likeness (QED) is 0.486. The third-order valence-electron chi connectivity index (χ3n) is 7.09. The molecule has 0 radical (unpaired) electrons. The Morgan fingerprint density at radius 3 is 2.21 bits per heavy atom. The molecule has 1 fully saturated rings. The first kappa shape index (κ1) is 23.8. The number of hydrogen-bond acceptors (Lipinski definition) is 4. The van der Waals surface area contributed by atoms with Gasteiger partial charge in [0.15, 0.2) is 0 Å². The van der Waals surface area contributed by atoms with Gasteiger partial charge in [-0.3, -0.25) is 9.59 Å². The van der Waals surface area contributed by atoms with Gasteiger partial charge < -0.3 is 20.5 Å². The summed E-state index contributed by atoms with van der Waals surface area (Å²) >= 11 is 0. The van der Waals surface area contributed by atoms with Crippen LogP contribution in [0.15, 0.2) is 48.5 Å². The van der Waals surface area contributed by atoms with E-state index in [0.29, 0.717) is 13.0 Å². The van der Waals surface area contributed by atoms with Gasteiger partial charge in [-0.05, 0) is 47.4 Å². The van der Waals surface area contributed by atoms with Crippen molar-refractivity contribution in [3.63, 3.8) is 0 Å². The van der Waals surface area contributed by atoms with Gasteiger partial charge in [0.1, 0.15) is 6.61 Å². The molecule has 2 aromatic carbocycles. The van der Waals surface area contributed by atoms with E-state index in [2.05, 4.69) is 34.9 Å². The second-order valence-corrected chi connectivity index (χ2v) is 9.35. The van der Waals surface area contributed by atoms with Crippen LogP contribution in [0.1, 0.15) is 56.1 Å². The van der Waals surface area contributed by atoms with Crippen molar-refractivity contribution in [3.8, 4) is 11.1 Å². The second-order valence-electron chi connectivity index (χ2n) is 9.35. The normalized spacial score (nSPS) is 16.5. The third kappa shape index (κ3) is 5.41. The van der Waals surface area contributed by atoms with E-state index < -0.39 is 18.0 Å². The van der Waals surface area contributed by atoms with Crippen molar-refractivity contribution in [2.45, 2.75) is 51.0 Å². The predicted molar refractivity (Wildman–Crippen MR) is 128 cm³/mol. The van der Waals surface area contributed by atoms with Crippen LogP contribution < -0.4 is 10.6 Å². The van der Waals surface area contributed by atoms with Crippen LogP contribution in [-0.2, 0) is 14.3 Å². The van der Waals surface area contributed by atoms with Crippen LogP contribution in [-0.4, -0.2) is 42.3 Å². The first-order valence-corrected chi connectivity index (χ1v) is 12.0. The summed E-state index contributed by atoms with van der Waals surface area (Å²) in [4.78, 5) is 36.1. The second kappa shape index (κ2) is 10.7. The third-order valence-corrected chi connectivity index (χ3v) is 7.09. The maximum absolute atomic E-state index is 12.7. The molecule has 2 atom stereocenters. The molecule has 0 spiro atoms. The summed E-state index contributed by atoms with van der Waals surface area (Å²) in [6.45, 7) is 2.15. The predicted octanol–water partition coefficient (Wildman–Crippen LogP) is 4.31. The Morgan fingerprint density at radius 1 is 1.03 bits per heavy atom. The van der Waals surface area contributed by atoms with E-state index in [-0.39, 0.29) is 36.8 Å². The van der Waals surface area contributed by atoms with E-state index in [1.165, 1.54) is 11.1 Å². The zero-order chi connectivity index (χ0) is 24.1. The minimum atomic E-state index is -0.876. The van der Waals surface area contributed by atoms with E-state index in [1.807, 2.05) is 24.3 Å². The summed E-state index contributed by atoms with van der Waals surface area (Å²) in [6, 6.07) is 16.1. The number of carboxylic acids is 1. The summed E-state index contributed by atoms with van der Waals surface area (Å²) in [5.74, 6) is -1.34. The molecule has 4 rings (SSSR count). The SMILES string of the molecule is CC(CCNC(=O)CC(NC(=O)OCC1c2ccccc2-c2ccccc21)C1CCC1)C(=O)O. The number of aliphatic carboxylic acids is 1. The van der Waals surface area contributed by atoms with Crippen molar-refractivity contribution in [2.24, 2.45) is 11.8 Å². The lowest BCUT2D eigenvalue weighted by atomic mass is 9.78. The van der Waals surface area contributed by atoms with Crippen molar-refractivity contribution in [1.29, 1.82) is 0 Å². The Hall–Kier alpha value is -3.35. The lowest BCUT2D eigenvalue weighted by Gasteiger charge is -2.33. The number of fused-ring (bicyclic) bond motifs is 3. The fraction of sp³-hybridized carbons (Fsp3) is 0.444. The number of rotatable bonds is 10. The van der Waals surface area contributed by atoms with Crippen LogP contribution in [0.3, 0.4) is 0 Å². The Bertz CT molecular complexity index is 1000. The van der Waals surface area contributed by atoms with Crippen LogP contribution in [0, 0.1) is 11.8 Å². The van der Waals surface area contributed by atoms with Crippen LogP contribution >= 0.6 is 0 Å². The number of carbonyl (C=O) groups excluding carboxylic acids is 2. The summed E-state index contributed by atoms with van der Waals surface area (Å²) in [7, 11) is 0. The van der Waals surface area contributed by atoms with E-state index in [4.69, 9.17) is 9.84 Å². The average molecular weight is 465 g/mol. The molecule has 2 aliphatic rings. The lowest BCUT2D eigenvalue weighted by Crippen LogP contribution is -2.46. The summed E-state index contributed by atoms with van der Waals surface area (Å²) in [5.41, 5.74) is 4.66. The van der Waals surface area contributed by atoms with E-state index in [0.717, 1.165) is 30.4 Å². The standard InChI is InChI=1S/C27H32N2O5/c1-17(26(31)32)13-14-28-25(30)15-24(18-7-6-8-18)29-27(33)34-16-23-21-11-4-2-9-19(21)20-10-3-5-12-22(20)23/h2-5,9-12,17-18,23-24H,6-8,13-16H2,1H3,(H,28,30)(H,29,33)(H,31,32). The smallest absolute Gasteiger partial charge is 0.407 e.